The van der Waals surface area contributed by atoms with E-state index in [1.54, 1.807) is 5.57 Å². The highest BCUT2D eigenvalue weighted by molar-refractivity contribution is 14.0. The number of hydrogen-bond acceptors (Lipinski definition) is 3. The lowest BCUT2D eigenvalue weighted by Gasteiger charge is -2.15. The number of nitrogens with one attached hydrogen (secondary N) is 2. The molecule has 0 radical (unpaired) electrons. The van der Waals surface area contributed by atoms with Gasteiger partial charge in [0.25, 0.3) is 0 Å². The summed E-state index contributed by atoms with van der Waals surface area (Å²) >= 11 is 0. The van der Waals surface area contributed by atoms with Crippen LogP contribution in [0.5, 0.6) is 0 Å². The third-order valence-electron chi connectivity index (χ3n) is 4.46. The number of allylic oxidation sites excluding steroid dienone is 1. The van der Waals surface area contributed by atoms with Crippen molar-refractivity contribution in [2.75, 3.05) is 19.6 Å². The van der Waals surface area contributed by atoms with E-state index in [-0.39, 0.29) is 24.0 Å². The van der Waals surface area contributed by atoms with Crippen molar-refractivity contribution < 1.29 is 0 Å². The van der Waals surface area contributed by atoms with Gasteiger partial charge in [-0.1, -0.05) is 17.7 Å². The predicted molar refractivity (Wildman–Crippen MR) is 117 cm³/mol. The number of guanidine groups is 1. The topological polar surface area (TPSA) is 66.6 Å². The molecule has 1 aliphatic rings. The number of rotatable bonds is 7. The monoisotopic (exact) mass is 468 g/mol. The fourth-order valence-corrected chi connectivity index (χ4v) is 3.14. The second-order valence-corrected chi connectivity index (χ2v) is 6.34. The molecule has 2 heterocycles. The molecule has 0 aromatic carbocycles. The number of fused-ring (bicyclic) bond motifs is 1. The van der Waals surface area contributed by atoms with Gasteiger partial charge in [0.15, 0.2) is 11.6 Å². The van der Waals surface area contributed by atoms with E-state index < -0.39 is 0 Å². The van der Waals surface area contributed by atoms with E-state index in [0.717, 1.165) is 43.4 Å². The molecule has 0 amide bonds. The van der Waals surface area contributed by atoms with Gasteiger partial charge >= 0.3 is 0 Å². The maximum Gasteiger partial charge on any atom is 0.191 e. The molecule has 2 aromatic rings. The number of hydrogen-bond donors (Lipinski definition) is 2. The molecule has 0 aliphatic heterocycles. The highest BCUT2D eigenvalue weighted by Gasteiger charge is 2.06. The summed E-state index contributed by atoms with van der Waals surface area (Å²) in [4.78, 5) is 4.67. The first-order valence-electron chi connectivity index (χ1n) is 9.35. The maximum absolute atomic E-state index is 4.67. The third-order valence-corrected chi connectivity index (χ3v) is 4.46. The van der Waals surface area contributed by atoms with Crippen LogP contribution in [0, 0.1) is 0 Å². The van der Waals surface area contributed by atoms with Crippen LogP contribution in [-0.4, -0.2) is 40.2 Å². The molecule has 2 N–H and O–H groups in total. The Labute approximate surface area is 172 Å². The van der Waals surface area contributed by atoms with E-state index in [1.807, 2.05) is 28.8 Å². The summed E-state index contributed by atoms with van der Waals surface area (Å²) in [5.41, 5.74) is 2.47. The van der Waals surface area contributed by atoms with Gasteiger partial charge in [0.1, 0.15) is 5.82 Å². The summed E-state index contributed by atoms with van der Waals surface area (Å²) in [6.45, 7) is 4.58. The molecule has 0 saturated carbocycles. The Kier molecular flexibility index (Phi) is 8.87. The standard InChI is InChI=1S/C19H28N6.HI/c1-2-20-19(21-13-11-16-8-4-3-5-9-16)22-14-12-18-24-23-17-10-6-7-15-25(17)18;/h6-8,10,15H,2-5,9,11-14H2,1H3,(H2,20,21,22);1H. The fourth-order valence-electron chi connectivity index (χ4n) is 3.14. The van der Waals surface area contributed by atoms with Crippen LogP contribution < -0.4 is 10.6 Å². The molecule has 142 valence electrons. The summed E-state index contributed by atoms with van der Waals surface area (Å²) in [5.74, 6) is 1.83. The number of nitrogens with zero attached hydrogens (tertiary/aromatic N) is 4. The van der Waals surface area contributed by atoms with Crippen LogP contribution in [0.2, 0.25) is 0 Å². The molecular formula is C19H29IN6. The van der Waals surface area contributed by atoms with Crippen molar-refractivity contribution in [1.29, 1.82) is 0 Å². The van der Waals surface area contributed by atoms with Gasteiger partial charge in [0.05, 0.1) is 0 Å². The van der Waals surface area contributed by atoms with Crippen LogP contribution in [-0.2, 0) is 6.42 Å². The largest absolute Gasteiger partial charge is 0.357 e. The van der Waals surface area contributed by atoms with Gasteiger partial charge in [0.2, 0.25) is 0 Å². The minimum Gasteiger partial charge on any atom is -0.357 e. The van der Waals surface area contributed by atoms with Crippen LogP contribution >= 0.6 is 24.0 Å². The Morgan fingerprint density at radius 1 is 1.19 bits per heavy atom. The predicted octanol–water partition coefficient (Wildman–Crippen LogP) is 3.34. The van der Waals surface area contributed by atoms with Crippen molar-refractivity contribution in [2.24, 2.45) is 4.99 Å². The van der Waals surface area contributed by atoms with E-state index in [1.165, 1.54) is 25.7 Å². The first kappa shape index (κ1) is 20.7. The molecule has 0 saturated heterocycles. The lowest BCUT2D eigenvalue weighted by molar-refractivity contribution is 0.665. The maximum atomic E-state index is 4.67. The molecule has 0 unspecified atom stereocenters. The van der Waals surface area contributed by atoms with E-state index in [4.69, 9.17) is 0 Å². The quantitative estimate of drug-likeness (QED) is 0.283. The van der Waals surface area contributed by atoms with Crippen molar-refractivity contribution in [1.82, 2.24) is 25.2 Å². The molecule has 26 heavy (non-hydrogen) atoms. The zero-order valence-corrected chi connectivity index (χ0v) is 17.8. The van der Waals surface area contributed by atoms with E-state index >= 15 is 0 Å². The number of halogens is 1. The Balaban J connectivity index is 0.00000243. The van der Waals surface area contributed by atoms with Crippen molar-refractivity contribution in [2.45, 2.75) is 45.4 Å². The lowest BCUT2D eigenvalue weighted by atomic mass is 9.97. The summed E-state index contributed by atoms with van der Waals surface area (Å²) < 4.78 is 2.02. The van der Waals surface area contributed by atoms with Crippen LogP contribution in [0.1, 0.15) is 44.9 Å². The minimum atomic E-state index is 0. The average molecular weight is 468 g/mol. The van der Waals surface area contributed by atoms with Gasteiger partial charge in [-0.15, -0.1) is 34.2 Å². The summed E-state index contributed by atoms with van der Waals surface area (Å²) in [5, 5.41) is 15.2. The second kappa shape index (κ2) is 11.2. The molecule has 7 heteroatoms. The van der Waals surface area contributed by atoms with Crippen molar-refractivity contribution >= 4 is 35.6 Å². The number of pyridine rings is 1. The van der Waals surface area contributed by atoms with Crippen molar-refractivity contribution in [3.8, 4) is 0 Å². The van der Waals surface area contributed by atoms with Crippen LogP contribution in [0.25, 0.3) is 5.65 Å². The normalized spacial score (nSPS) is 14.7. The van der Waals surface area contributed by atoms with Crippen LogP contribution in [0.3, 0.4) is 0 Å². The fraction of sp³-hybridized carbons (Fsp3) is 0.526. The highest BCUT2D eigenvalue weighted by atomic mass is 127. The molecule has 0 atom stereocenters. The second-order valence-electron chi connectivity index (χ2n) is 6.34. The smallest absolute Gasteiger partial charge is 0.191 e. The summed E-state index contributed by atoms with van der Waals surface area (Å²) in [7, 11) is 0. The van der Waals surface area contributed by atoms with Gasteiger partial charge in [0, 0.05) is 32.3 Å². The van der Waals surface area contributed by atoms with Gasteiger partial charge in [-0.2, -0.15) is 0 Å². The molecule has 1 aliphatic carbocycles. The molecular weight excluding hydrogens is 439 g/mol. The minimum absolute atomic E-state index is 0. The summed E-state index contributed by atoms with van der Waals surface area (Å²) in [6.07, 6.45) is 11.5. The number of aliphatic imine (C=N–C) groups is 1. The third kappa shape index (κ3) is 5.96. The number of aromatic nitrogens is 3. The first-order chi connectivity index (χ1) is 12.4. The zero-order valence-electron chi connectivity index (χ0n) is 15.4. The molecule has 0 spiro atoms. The molecule has 6 nitrogen and oxygen atoms in total. The summed E-state index contributed by atoms with van der Waals surface area (Å²) in [6, 6.07) is 5.93. The highest BCUT2D eigenvalue weighted by Crippen LogP contribution is 2.19. The molecule has 2 aromatic heterocycles. The molecule has 0 fully saturated rings. The SMILES string of the molecule is CCNC(=NCCc1nnc2ccccn12)NCCC1=CCCCC1.I. The van der Waals surface area contributed by atoms with Crippen LogP contribution in [0.15, 0.2) is 41.0 Å². The first-order valence-corrected chi connectivity index (χ1v) is 9.35. The van der Waals surface area contributed by atoms with E-state index in [2.05, 4.69) is 38.8 Å². The van der Waals surface area contributed by atoms with Crippen LogP contribution in [0.4, 0.5) is 0 Å². The molecule has 0 bridgehead atoms. The Bertz CT molecular complexity index is 736. The lowest BCUT2D eigenvalue weighted by Crippen LogP contribution is -2.38. The van der Waals surface area contributed by atoms with Gasteiger partial charge < -0.3 is 10.6 Å². The molecule has 3 rings (SSSR count). The Morgan fingerprint density at radius 3 is 2.92 bits per heavy atom. The van der Waals surface area contributed by atoms with Crippen molar-refractivity contribution in [3.05, 3.63) is 41.9 Å². The van der Waals surface area contributed by atoms with Crippen molar-refractivity contribution in [3.63, 3.8) is 0 Å². The van der Waals surface area contributed by atoms with E-state index in [9.17, 15) is 0 Å². The zero-order chi connectivity index (χ0) is 17.3. The van der Waals surface area contributed by atoms with Gasteiger partial charge in [-0.25, -0.2) is 0 Å². The Hall–Kier alpha value is -1.64. The Morgan fingerprint density at radius 2 is 2.12 bits per heavy atom. The van der Waals surface area contributed by atoms with E-state index in [0.29, 0.717) is 6.54 Å². The van der Waals surface area contributed by atoms with Gasteiger partial charge in [-0.3, -0.25) is 9.39 Å². The van der Waals surface area contributed by atoms with Gasteiger partial charge in [-0.05, 0) is 51.2 Å². The average Bonchev–Trinajstić information content (AvgIpc) is 3.06.